The van der Waals surface area contributed by atoms with Crippen molar-refractivity contribution in [1.82, 2.24) is 5.32 Å². The van der Waals surface area contributed by atoms with Crippen LogP contribution in [0.5, 0.6) is 0 Å². The fourth-order valence-corrected chi connectivity index (χ4v) is 12.2. The molecule has 0 aromatic heterocycles. The molecule has 1 saturated heterocycles. The van der Waals surface area contributed by atoms with E-state index in [4.69, 9.17) is 9.47 Å². The van der Waals surface area contributed by atoms with Crippen molar-refractivity contribution in [3.05, 3.63) is 109 Å². The van der Waals surface area contributed by atoms with E-state index in [1.54, 1.807) is 6.08 Å². The largest absolute Gasteiger partial charge is 0.394 e. The molecule has 9 nitrogen and oxygen atoms in total. The standard InChI is InChI=1S/C84H149NO8/c1-3-5-7-9-11-13-15-17-19-21-23-25-27-29-31-33-35-37-38-39-40-42-44-46-48-50-52-54-56-58-60-62-64-66-68-70-72-74-80(88)85-77(76-92-84-83(91)82(90)81(89)79(75-86)93-84)78(87)73-71-69-67-65-63-61-59-57-55-53-51-49-47-45-43-41-36-34-32-30-28-26-24-22-20-18-16-14-12-10-8-6-4-2/h5,7,11,13,17,19,23,25,29,31,35,37,39-40,63,65,71,73,77-79,81-84,86-87,89-91H,3-4,6,8-10,12,14-16,18,20-22,24,26-28,30,32-34,36,38,41-62,64,66-70,72,74-76H2,1-2H3,(H,85,88)/b7-5-,13-11-,19-17-,25-23-,31-29-,37-35-,40-39-,65-63+,73-71+. The summed E-state index contributed by atoms with van der Waals surface area (Å²) in [5.41, 5.74) is 0. The Kier molecular flexibility index (Phi) is 67.7. The number of carbonyl (C=O) groups is 1. The third-order valence-corrected chi connectivity index (χ3v) is 18.3. The zero-order valence-electron chi connectivity index (χ0n) is 60.5. The van der Waals surface area contributed by atoms with Crippen LogP contribution in [0.4, 0.5) is 0 Å². The molecule has 0 aliphatic carbocycles. The molecule has 0 radical (unpaired) electrons. The lowest BCUT2D eigenvalue weighted by Crippen LogP contribution is -2.60. The molecule has 538 valence electrons. The molecule has 0 aromatic rings. The van der Waals surface area contributed by atoms with Gasteiger partial charge in [-0.2, -0.15) is 0 Å². The summed E-state index contributed by atoms with van der Waals surface area (Å²) in [6.45, 7) is 3.69. The van der Waals surface area contributed by atoms with Crippen LogP contribution >= 0.6 is 0 Å². The highest BCUT2D eigenvalue weighted by Gasteiger charge is 2.44. The van der Waals surface area contributed by atoms with Gasteiger partial charge in [0.15, 0.2) is 6.29 Å². The fourth-order valence-electron chi connectivity index (χ4n) is 12.2. The highest BCUT2D eigenvalue weighted by Crippen LogP contribution is 2.24. The summed E-state index contributed by atoms with van der Waals surface area (Å²) in [6, 6.07) is -0.830. The van der Waals surface area contributed by atoms with Crippen molar-refractivity contribution in [1.29, 1.82) is 0 Å². The monoisotopic (exact) mass is 1300 g/mol. The van der Waals surface area contributed by atoms with Crippen LogP contribution in [-0.4, -0.2) is 87.5 Å². The van der Waals surface area contributed by atoms with Gasteiger partial charge in [0, 0.05) is 6.42 Å². The summed E-state index contributed by atoms with van der Waals surface area (Å²) < 4.78 is 11.3. The predicted molar refractivity (Wildman–Crippen MR) is 401 cm³/mol. The molecule has 0 aromatic carbocycles. The Bertz CT molecular complexity index is 1850. The highest BCUT2D eigenvalue weighted by molar-refractivity contribution is 5.76. The summed E-state index contributed by atoms with van der Waals surface area (Å²) in [7, 11) is 0. The van der Waals surface area contributed by atoms with Gasteiger partial charge >= 0.3 is 0 Å². The zero-order valence-corrected chi connectivity index (χ0v) is 60.5. The van der Waals surface area contributed by atoms with E-state index in [9.17, 15) is 30.3 Å². The Balaban J connectivity index is 2.11. The summed E-state index contributed by atoms with van der Waals surface area (Å²) >= 11 is 0. The molecule has 0 saturated carbocycles. The molecule has 0 bridgehead atoms. The van der Waals surface area contributed by atoms with Gasteiger partial charge in [-0.3, -0.25) is 4.79 Å². The summed E-state index contributed by atoms with van der Waals surface area (Å²) in [5.74, 6) is -0.186. The van der Waals surface area contributed by atoms with Crippen LogP contribution in [0.1, 0.15) is 361 Å². The number of aliphatic hydroxyl groups excluding tert-OH is 5. The lowest BCUT2D eigenvalue weighted by molar-refractivity contribution is -0.302. The molecule has 1 fully saturated rings. The van der Waals surface area contributed by atoms with Crippen molar-refractivity contribution >= 4 is 5.91 Å². The second-order valence-corrected chi connectivity index (χ2v) is 27.1. The van der Waals surface area contributed by atoms with Crippen LogP contribution in [0, 0.1) is 0 Å². The maximum Gasteiger partial charge on any atom is 0.220 e. The van der Waals surface area contributed by atoms with E-state index < -0.39 is 49.5 Å². The van der Waals surface area contributed by atoms with E-state index in [0.717, 1.165) is 83.5 Å². The van der Waals surface area contributed by atoms with Crippen molar-refractivity contribution in [3.63, 3.8) is 0 Å². The number of aliphatic hydroxyl groups is 5. The van der Waals surface area contributed by atoms with E-state index >= 15 is 0 Å². The molecule has 0 spiro atoms. The van der Waals surface area contributed by atoms with Crippen molar-refractivity contribution in [2.45, 2.75) is 403 Å². The molecule has 1 rings (SSSR count). The van der Waals surface area contributed by atoms with Gasteiger partial charge < -0.3 is 40.3 Å². The molecular weight excluding hydrogens is 1150 g/mol. The van der Waals surface area contributed by atoms with E-state index in [2.05, 4.69) is 116 Å². The van der Waals surface area contributed by atoms with Crippen LogP contribution in [0.3, 0.4) is 0 Å². The Morgan fingerprint density at radius 3 is 1.03 bits per heavy atom. The Hall–Kier alpha value is -3.15. The average Bonchev–Trinajstić information content (AvgIpc) is 1.01. The third-order valence-electron chi connectivity index (χ3n) is 18.3. The summed E-state index contributed by atoms with van der Waals surface area (Å²) in [4.78, 5) is 13.2. The van der Waals surface area contributed by atoms with Crippen LogP contribution in [0.15, 0.2) is 109 Å². The van der Waals surface area contributed by atoms with Crippen LogP contribution < -0.4 is 5.32 Å². The topological polar surface area (TPSA) is 149 Å². The lowest BCUT2D eigenvalue weighted by atomic mass is 9.99. The average molecular weight is 1300 g/mol. The summed E-state index contributed by atoms with van der Waals surface area (Å²) in [6.07, 6.45) is 99.4. The van der Waals surface area contributed by atoms with Gasteiger partial charge in [-0.15, -0.1) is 0 Å². The maximum absolute atomic E-state index is 13.2. The van der Waals surface area contributed by atoms with Crippen molar-refractivity contribution in [3.8, 4) is 0 Å². The first kappa shape index (κ1) is 87.9. The minimum Gasteiger partial charge on any atom is -0.394 e. The maximum atomic E-state index is 13.2. The van der Waals surface area contributed by atoms with Crippen molar-refractivity contribution in [2.75, 3.05) is 13.2 Å². The first-order valence-electron chi connectivity index (χ1n) is 39.6. The zero-order chi connectivity index (χ0) is 67.1. The normalized spacial score (nSPS) is 18.2. The molecule has 1 aliphatic heterocycles. The number of amides is 1. The molecule has 93 heavy (non-hydrogen) atoms. The van der Waals surface area contributed by atoms with Gasteiger partial charge in [-0.25, -0.2) is 0 Å². The molecular formula is C84H149NO8. The van der Waals surface area contributed by atoms with Crippen molar-refractivity contribution in [2.24, 2.45) is 0 Å². The van der Waals surface area contributed by atoms with Crippen LogP contribution in [-0.2, 0) is 14.3 Å². The Labute approximate surface area is 574 Å². The smallest absolute Gasteiger partial charge is 0.220 e. The molecule has 6 N–H and O–H groups in total. The quantitative estimate of drug-likeness (QED) is 0.0261. The SMILES string of the molecule is CC/C=C\C/C=C\C/C=C\C/C=C\C/C=C\C/C=C\C/C=C\CCCCCCCCCCCCCCCCCC(=O)NC(COC1OC(CO)C(O)C(O)C1O)C(O)/C=C/CC/C=C/CCCCCCCCCCCCCCCCCCCCCCCCCCCCC. The number of nitrogens with one attached hydrogen (secondary N) is 1. The van der Waals surface area contributed by atoms with Gasteiger partial charge in [0.1, 0.15) is 24.4 Å². The van der Waals surface area contributed by atoms with Crippen LogP contribution in [0.25, 0.3) is 0 Å². The molecule has 1 aliphatic rings. The van der Waals surface area contributed by atoms with Crippen molar-refractivity contribution < 1.29 is 39.8 Å². The lowest BCUT2D eigenvalue weighted by Gasteiger charge is -2.40. The first-order chi connectivity index (χ1) is 45.8. The fraction of sp³-hybridized carbons (Fsp3) is 0.774. The number of unbranched alkanes of at least 4 members (excludes halogenated alkanes) is 43. The highest BCUT2D eigenvalue weighted by atomic mass is 16.7. The van der Waals surface area contributed by atoms with E-state index in [0.29, 0.717) is 6.42 Å². The van der Waals surface area contributed by atoms with Crippen LogP contribution in [0.2, 0.25) is 0 Å². The number of allylic oxidation sites excluding steroid dienone is 17. The number of carbonyl (C=O) groups excluding carboxylic acids is 1. The third kappa shape index (κ3) is 59.8. The minimum absolute atomic E-state index is 0.186. The predicted octanol–water partition coefficient (Wildman–Crippen LogP) is 22.8. The Morgan fingerprint density at radius 1 is 0.376 bits per heavy atom. The van der Waals surface area contributed by atoms with E-state index in [1.807, 2.05) is 6.08 Å². The number of ether oxygens (including phenoxy) is 2. The van der Waals surface area contributed by atoms with Gasteiger partial charge in [0.05, 0.1) is 25.4 Å². The second-order valence-electron chi connectivity index (χ2n) is 27.1. The molecule has 1 amide bonds. The van der Waals surface area contributed by atoms with Gasteiger partial charge in [-0.1, -0.05) is 374 Å². The molecule has 7 atom stereocenters. The molecule has 1 heterocycles. The molecule has 7 unspecified atom stereocenters. The first-order valence-corrected chi connectivity index (χ1v) is 39.6. The summed E-state index contributed by atoms with van der Waals surface area (Å²) in [5, 5.41) is 54.9. The van der Waals surface area contributed by atoms with E-state index in [-0.39, 0.29) is 12.5 Å². The number of rotatable bonds is 69. The number of hydrogen-bond donors (Lipinski definition) is 6. The second kappa shape index (κ2) is 71.6. The number of hydrogen-bond acceptors (Lipinski definition) is 8. The Morgan fingerprint density at radius 2 is 0.677 bits per heavy atom. The van der Waals surface area contributed by atoms with Gasteiger partial charge in [0.2, 0.25) is 5.91 Å². The minimum atomic E-state index is -1.58. The van der Waals surface area contributed by atoms with Gasteiger partial charge in [-0.05, 0) is 89.9 Å². The van der Waals surface area contributed by atoms with Gasteiger partial charge in [0.25, 0.3) is 0 Å². The van der Waals surface area contributed by atoms with E-state index in [1.165, 1.54) is 257 Å². The molecule has 9 heteroatoms.